The van der Waals surface area contributed by atoms with Crippen molar-refractivity contribution in [3.8, 4) is 0 Å². The standard InChI is InChI=1S/C16H19NO3S/c18-21(19,14-16-9-5-2-6-10-16)17-11-12-20-13-15-7-3-1-4-8-15/h1-10,17H,11-14H2. The van der Waals surface area contributed by atoms with E-state index < -0.39 is 10.0 Å². The van der Waals surface area contributed by atoms with Crippen molar-refractivity contribution in [2.24, 2.45) is 0 Å². The third kappa shape index (κ3) is 6.08. The van der Waals surface area contributed by atoms with Crippen LogP contribution in [0, 0.1) is 0 Å². The first kappa shape index (κ1) is 15.7. The summed E-state index contributed by atoms with van der Waals surface area (Å²) in [5.74, 6) is -0.00742. The number of sulfonamides is 1. The molecule has 0 unspecified atom stereocenters. The maximum absolute atomic E-state index is 11.9. The summed E-state index contributed by atoms with van der Waals surface area (Å²) < 4.78 is 31.7. The van der Waals surface area contributed by atoms with Crippen molar-refractivity contribution in [2.45, 2.75) is 12.4 Å². The average Bonchev–Trinajstić information content (AvgIpc) is 2.48. The van der Waals surface area contributed by atoms with Crippen LogP contribution in [0.5, 0.6) is 0 Å². The smallest absolute Gasteiger partial charge is 0.215 e. The van der Waals surface area contributed by atoms with Crippen molar-refractivity contribution in [3.05, 3.63) is 71.8 Å². The number of rotatable bonds is 8. The van der Waals surface area contributed by atoms with Gasteiger partial charge >= 0.3 is 0 Å². The molecule has 0 aliphatic heterocycles. The van der Waals surface area contributed by atoms with Gasteiger partial charge in [-0.15, -0.1) is 0 Å². The van der Waals surface area contributed by atoms with E-state index >= 15 is 0 Å². The fourth-order valence-electron chi connectivity index (χ4n) is 1.88. The molecule has 4 nitrogen and oxygen atoms in total. The zero-order valence-electron chi connectivity index (χ0n) is 11.7. The zero-order chi connectivity index (χ0) is 15.0. The summed E-state index contributed by atoms with van der Waals surface area (Å²) in [7, 11) is -3.31. The van der Waals surface area contributed by atoms with Gasteiger partial charge in [0.25, 0.3) is 0 Å². The molecule has 0 saturated heterocycles. The predicted molar refractivity (Wildman–Crippen MR) is 83.2 cm³/mol. The van der Waals surface area contributed by atoms with Crippen LogP contribution in [-0.4, -0.2) is 21.6 Å². The molecule has 1 N–H and O–H groups in total. The SMILES string of the molecule is O=S(=O)(Cc1ccccc1)NCCOCc1ccccc1. The monoisotopic (exact) mass is 305 g/mol. The Balaban J connectivity index is 1.68. The third-order valence-corrected chi connectivity index (χ3v) is 4.24. The summed E-state index contributed by atoms with van der Waals surface area (Å²) in [5.41, 5.74) is 1.85. The fraction of sp³-hybridized carbons (Fsp3) is 0.250. The molecule has 0 saturated carbocycles. The first-order chi connectivity index (χ1) is 10.2. The van der Waals surface area contributed by atoms with Crippen molar-refractivity contribution in [1.29, 1.82) is 0 Å². The molecule has 0 amide bonds. The van der Waals surface area contributed by atoms with E-state index in [-0.39, 0.29) is 12.3 Å². The molecule has 2 aromatic carbocycles. The number of nitrogens with one attached hydrogen (secondary N) is 1. The Morgan fingerprint density at radius 2 is 1.43 bits per heavy atom. The van der Waals surface area contributed by atoms with Crippen molar-refractivity contribution in [2.75, 3.05) is 13.2 Å². The van der Waals surface area contributed by atoms with Crippen LogP contribution in [0.2, 0.25) is 0 Å². The van der Waals surface area contributed by atoms with E-state index in [0.29, 0.717) is 13.2 Å². The number of hydrogen-bond donors (Lipinski definition) is 1. The number of ether oxygens (including phenoxy) is 1. The highest BCUT2D eigenvalue weighted by molar-refractivity contribution is 7.88. The van der Waals surface area contributed by atoms with Crippen LogP contribution in [0.3, 0.4) is 0 Å². The lowest BCUT2D eigenvalue weighted by Gasteiger charge is -2.07. The molecule has 0 aliphatic rings. The summed E-state index contributed by atoms with van der Waals surface area (Å²) in [5, 5.41) is 0. The van der Waals surface area contributed by atoms with Crippen LogP contribution in [0.1, 0.15) is 11.1 Å². The normalized spacial score (nSPS) is 11.4. The summed E-state index contributed by atoms with van der Waals surface area (Å²) in [6.07, 6.45) is 0. The summed E-state index contributed by atoms with van der Waals surface area (Å²) in [6, 6.07) is 18.9. The molecule has 0 heterocycles. The van der Waals surface area contributed by atoms with Crippen molar-refractivity contribution < 1.29 is 13.2 Å². The van der Waals surface area contributed by atoms with Gasteiger partial charge in [-0.05, 0) is 11.1 Å². The molecular formula is C16H19NO3S. The minimum atomic E-state index is -3.31. The number of benzene rings is 2. The maximum atomic E-state index is 11.9. The van der Waals surface area contributed by atoms with Gasteiger partial charge in [0.2, 0.25) is 10.0 Å². The summed E-state index contributed by atoms with van der Waals surface area (Å²) >= 11 is 0. The lowest BCUT2D eigenvalue weighted by Crippen LogP contribution is -2.28. The van der Waals surface area contributed by atoms with E-state index in [9.17, 15) is 8.42 Å². The van der Waals surface area contributed by atoms with Crippen molar-refractivity contribution >= 4 is 10.0 Å². The predicted octanol–water partition coefficient (Wildman–Crippen LogP) is 2.32. The van der Waals surface area contributed by atoms with Crippen LogP contribution >= 0.6 is 0 Å². The van der Waals surface area contributed by atoms with E-state index in [1.807, 2.05) is 48.5 Å². The van der Waals surface area contributed by atoms with Gasteiger partial charge < -0.3 is 4.74 Å². The van der Waals surface area contributed by atoms with E-state index in [1.54, 1.807) is 12.1 Å². The highest BCUT2D eigenvalue weighted by atomic mass is 32.2. The van der Waals surface area contributed by atoms with Crippen LogP contribution in [0.4, 0.5) is 0 Å². The topological polar surface area (TPSA) is 55.4 Å². The molecule has 0 atom stereocenters. The second kappa shape index (κ2) is 7.93. The summed E-state index contributed by atoms with van der Waals surface area (Å²) in [4.78, 5) is 0. The molecule has 112 valence electrons. The summed E-state index contributed by atoms with van der Waals surface area (Å²) in [6.45, 7) is 1.12. The molecule has 5 heteroatoms. The molecule has 21 heavy (non-hydrogen) atoms. The van der Waals surface area contributed by atoms with Crippen LogP contribution in [-0.2, 0) is 27.1 Å². The Morgan fingerprint density at radius 1 is 0.857 bits per heavy atom. The average molecular weight is 305 g/mol. The second-order valence-corrected chi connectivity index (χ2v) is 6.48. The third-order valence-electron chi connectivity index (χ3n) is 2.88. The Bertz CT molecular complexity index is 627. The van der Waals surface area contributed by atoms with Gasteiger partial charge in [-0.2, -0.15) is 0 Å². The molecule has 0 spiro atoms. The van der Waals surface area contributed by atoms with E-state index in [2.05, 4.69) is 4.72 Å². The lowest BCUT2D eigenvalue weighted by molar-refractivity contribution is 0.126. The lowest BCUT2D eigenvalue weighted by atomic mass is 10.2. The molecule has 2 rings (SSSR count). The van der Waals surface area contributed by atoms with Gasteiger partial charge in [0.15, 0.2) is 0 Å². The van der Waals surface area contributed by atoms with Gasteiger partial charge in [-0.1, -0.05) is 60.7 Å². The van der Waals surface area contributed by atoms with Gasteiger partial charge in [-0.25, -0.2) is 13.1 Å². The van der Waals surface area contributed by atoms with Crippen LogP contribution in [0.25, 0.3) is 0 Å². The molecule has 2 aromatic rings. The van der Waals surface area contributed by atoms with Crippen LogP contribution < -0.4 is 4.72 Å². The number of hydrogen-bond acceptors (Lipinski definition) is 3. The Hall–Kier alpha value is -1.69. The fourth-order valence-corrected chi connectivity index (χ4v) is 3.01. The van der Waals surface area contributed by atoms with E-state index in [1.165, 1.54) is 0 Å². The van der Waals surface area contributed by atoms with E-state index in [4.69, 9.17) is 4.74 Å². The molecule has 0 aromatic heterocycles. The first-order valence-corrected chi connectivity index (χ1v) is 8.44. The van der Waals surface area contributed by atoms with Gasteiger partial charge in [-0.3, -0.25) is 0 Å². The Labute approximate surface area is 125 Å². The van der Waals surface area contributed by atoms with Gasteiger partial charge in [0, 0.05) is 6.54 Å². The minimum absolute atomic E-state index is 0.00742. The Kier molecular flexibility index (Phi) is 5.92. The highest BCUT2D eigenvalue weighted by Crippen LogP contribution is 2.04. The second-order valence-electron chi connectivity index (χ2n) is 4.68. The largest absolute Gasteiger partial charge is 0.375 e. The molecule has 0 fully saturated rings. The first-order valence-electron chi connectivity index (χ1n) is 6.79. The van der Waals surface area contributed by atoms with E-state index in [0.717, 1.165) is 11.1 Å². The quantitative estimate of drug-likeness (QED) is 0.762. The van der Waals surface area contributed by atoms with Gasteiger partial charge in [0.05, 0.1) is 19.0 Å². The Morgan fingerprint density at radius 3 is 2.05 bits per heavy atom. The van der Waals surface area contributed by atoms with Crippen LogP contribution in [0.15, 0.2) is 60.7 Å². The van der Waals surface area contributed by atoms with Crippen molar-refractivity contribution in [1.82, 2.24) is 4.72 Å². The molecule has 0 aliphatic carbocycles. The van der Waals surface area contributed by atoms with Crippen molar-refractivity contribution in [3.63, 3.8) is 0 Å². The maximum Gasteiger partial charge on any atom is 0.215 e. The molecule has 0 bridgehead atoms. The highest BCUT2D eigenvalue weighted by Gasteiger charge is 2.10. The zero-order valence-corrected chi connectivity index (χ0v) is 12.6. The van der Waals surface area contributed by atoms with Gasteiger partial charge in [0.1, 0.15) is 0 Å². The molecular weight excluding hydrogens is 286 g/mol. The minimum Gasteiger partial charge on any atom is -0.375 e. The molecule has 0 radical (unpaired) electrons.